The zero-order valence-electron chi connectivity index (χ0n) is 17.5. The summed E-state index contributed by atoms with van der Waals surface area (Å²) in [5.74, 6) is -1.20. The molecule has 0 radical (unpaired) electrons. The van der Waals surface area contributed by atoms with Gasteiger partial charge in [0.05, 0.1) is 10.5 Å². The van der Waals surface area contributed by atoms with Crippen molar-refractivity contribution < 1.29 is 27.9 Å². The maximum absolute atomic E-state index is 12.3. The van der Waals surface area contributed by atoms with Gasteiger partial charge < -0.3 is 15.2 Å². The number of ether oxygens (including phenoxy) is 1. The van der Waals surface area contributed by atoms with Crippen molar-refractivity contribution >= 4 is 22.1 Å². The molecule has 1 aliphatic carbocycles. The highest BCUT2D eigenvalue weighted by Crippen LogP contribution is 2.44. The Kier molecular flexibility index (Phi) is 6.43. The van der Waals surface area contributed by atoms with Crippen LogP contribution in [0.5, 0.6) is 0 Å². The third-order valence-corrected chi connectivity index (χ3v) is 6.92. The van der Waals surface area contributed by atoms with Crippen molar-refractivity contribution in [3.8, 4) is 11.1 Å². The van der Waals surface area contributed by atoms with Crippen LogP contribution < -0.4 is 10.0 Å². The number of carbonyl (C=O) groups is 2. The van der Waals surface area contributed by atoms with Crippen LogP contribution in [0.4, 0.5) is 4.79 Å². The van der Waals surface area contributed by atoms with E-state index in [2.05, 4.69) is 22.2 Å². The molecule has 0 saturated carbocycles. The number of sulfonamides is 1. The van der Waals surface area contributed by atoms with E-state index in [0.717, 1.165) is 22.3 Å². The Morgan fingerprint density at radius 2 is 1.42 bits per heavy atom. The maximum atomic E-state index is 12.3. The Morgan fingerprint density at radius 3 is 2.00 bits per heavy atom. The predicted octanol–water partition coefficient (Wildman–Crippen LogP) is 3.20. The van der Waals surface area contributed by atoms with Gasteiger partial charge in [0.25, 0.3) is 0 Å². The molecule has 4 rings (SSSR count). The van der Waals surface area contributed by atoms with Gasteiger partial charge in [0.1, 0.15) is 6.61 Å². The summed E-state index contributed by atoms with van der Waals surface area (Å²) in [6.07, 6.45) is -0.637. The van der Waals surface area contributed by atoms with E-state index in [1.165, 1.54) is 24.3 Å². The SMILES string of the molecule is O=C(NCCNS(=O)(=O)c1ccc(C(=O)O)cc1)OCC1c2ccccc2-c2ccccc21. The van der Waals surface area contributed by atoms with Gasteiger partial charge >= 0.3 is 12.1 Å². The summed E-state index contributed by atoms with van der Waals surface area (Å²) in [5, 5.41) is 11.4. The lowest BCUT2D eigenvalue weighted by molar-refractivity contribution is 0.0696. The molecule has 3 N–H and O–H groups in total. The topological polar surface area (TPSA) is 122 Å². The third-order valence-electron chi connectivity index (χ3n) is 5.44. The minimum atomic E-state index is -3.83. The first-order valence-electron chi connectivity index (χ1n) is 10.3. The number of alkyl carbamates (subject to hydrolysis) is 1. The van der Waals surface area contributed by atoms with Crippen LogP contribution in [0.15, 0.2) is 77.7 Å². The van der Waals surface area contributed by atoms with Gasteiger partial charge in [0.15, 0.2) is 0 Å². The second-order valence-electron chi connectivity index (χ2n) is 7.48. The molecule has 3 aromatic carbocycles. The molecular formula is C24H22N2O6S. The quantitative estimate of drug-likeness (QED) is 0.438. The van der Waals surface area contributed by atoms with Gasteiger partial charge in [0, 0.05) is 19.0 Å². The highest BCUT2D eigenvalue weighted by Gasteiger charge is 2.29. The average Bonchev–Trinajstić information content (AvgIpc) is 3.14. The number of carboxylic acid groups (broad SMARTS) is 1. The van der Waals surface area contributed by atoms with Gasteiger partial charge in [-0.25, -0.2) is 22.7 Å². The van der Waals surface area contributed by atoms with Crippen LogP contribution >= 0.6 is 0 Å². The highest BCUT2D eigenvalue weighted by atomic mass is 32.2. The first-order chi connectivity index (χ1) is 15.9. The summed E-state index contributed by atoms with van der Waals surface area (Å²) in [6, 6.07) is 20.9. The summed E-state index contributed by atoms with van der Waals surface area (Å²) in [7, 11) is -3.83. The van der Waals surface area contributed by atoms with E-state index >= 15 is 0 Å². The third kappa shape index (κ3) is 4.89. The smallest absolute Gasteiger partial charge is 0.407 e. The van der Waals surface area contributed by atoms with Crippen LogP contribution in [-0.2, 0) is 14.8 Å². The van der Waals surface area contributed by atoms with Gasteiger partial charge in [-0.1, -0.05) is 48.5 Å². The van der Waals surface area contributed by atoms with Crippen LogP contribution in [-0.4, -0.2) is 45.3 Å². The molecule has 9 heteroatoms. The Morgan fingerprint density at radius 1 is 0.848 bits per heavy atom. The van der Waals surface area contributed by atoms with Crippen molar-refractivity contribution in [2.45, 2.75) is 10.8 Å². The molecular weight excluding hydrogens is 444 g/mol. The maximum Gasteiger partial charge on any atom is 0.407 e. The van der Waals surface area contributed by atoms with E-state index in [4.69, 9.17) is 9.84 Å². The molecule has 33 heavy (non-hydrogen) atoms. The normalized spacial score (nSPS) is 12.6. The Bertz CT molecular complexity index is 1240. The second-order valence-corrected chi connectivity index (χ2v) is 9.25. The molecule has 3 aromatic rings. The number of aromatic carboxylic acids is 1. The zero-order chi connectivity index (χ0) is 23.4. The number of carboxylic acids is 1. The number of fused-ring (bicyclic) bond motifs is 3. The lowest BCUT2D eigenvalue weighted by Gasteiger charge is -2.14. The summed E-state index contributed by atoms with van der Waals surface area (Å²) in [4.78, 5) is 23.0. The molecule has 0 spiro atoms. The van der Waals surface area contributed by atoms with E-state index in [1.54, 1.807) is 0 Å². The van der Waals surface area contributed by atoms with Gasteiger partial charge in [-0.3, -0.25) is 0 Å². The van der Waals surface area contributed by atoms with Gasteiger partial charge in [0.2, 0.25) is 10.0 Å². The molecule has 0 fully saturated rings. The largest absolute Gasteiger partial charge is 0.478 e. The standard InChI is InChI=1S/C24H22N2O6S/c27-23(28)16-9-11-17(12-10-16)33(30,31)26-14-13-25-24(29)32-15-22-20-7-3-1-5-18(20)19-6-2-4-8-21(19)22/h1-12,22,26H,13-15H2,(H,25,29)(H,27,28). The van der Waals surface area contributed by atoms with Crippen LogP contribution in [0.1, 0.15) is 27.4 Å². The van der Waals surface area contributed by atoms with Gasteiger partial charge in [-0.15, -0.1) is 0 Å². The van der Waals surface area contributed by atoms with Crippen molar-refractivity contribution in [1.29, 1.82) is 0 Å². The number of hydrogen-bond acceptors (Lipinski definition) is 5. The van der Waals surface area contributed by atoms with Crippen molar-refractivity contribution in [1.82, 2.24) is 10.0 Å². The van der Waals surface area contributed by atoms with Crippen LogP contribution in [0, 0.1) is 0 Å². The number of nitrogens with one attached hydrogen (secondary N) is 2. The van der Waals surface area contributed by atoms with Crippen molar-refractivity contribution in [2.24, 2.45) is 0 Å². The minimum absolute atomic E-state index is 0.00845. The van der Waals surface area contributed by atoms with Crippen molar-refractivity contribution in [3.05, 3.63) is 89.5 Å². The Hall–Kier alpha value is -3.69. The van der Waals surface area contributed by atoms with E-state index in [1.807, 2.05) is 36.4 Å². The number of carbonyl (C=O) groups excluding carboxylic acids is 1. The average molecular weight is 467 g/mol. The zero-order valence-corrected chi connectivity index (χ0v) is 18.3. The van der Waals surface area contributed by atoms with E-state index < -0.39 is 22.1 Å². The van der Waals surface area contributed by atoms with Crippen molar-refractivity contribution in [3.63, 3.8) is 0 Å². The number of rotatable bonds is 8. The van der Waals surface area contributed by atoms with Crippen LogP contribution in [0.2, 0.25) is 0 Å². The van der Waals surface area contributed by atoms with E-state index in [9.17, 15) is 18.0 Å². The molecule has 1 aliphatic rings. The summed E-state index contributed by atoms with van der Waals surface area (Å²) < 4.78 is 32.3. The lowest BCUT2D eigenvalue weighted by atomic mass is 9.98. The van der Waals surface area contributed by atoms with Crippen LogP contribution in [0.3, 0.4) is 0 Å². The summed E-state index contributed by atoms with van der Waals surface area (Å²) in [6.45, 7) is 0.151. The van der Waals surface area contributed by atoms with Crippen LogP contribution in [0.25, 0.3) is 11.1 Å². The Labute approximate surface area is 191 Å². The minimum Gasteiger partial charge on any atom is -0.478 e. The fourth-order valence-corrected chi connectivity index (χ4v) is 4.89. The van der Waals surface area contributed by atoms with E-state index in [-0.39, 0.29) is 36.1 Å². The monoisotopic (exact) mass is 466 g/mol. The molecule has 0 atom stereocenters. The molecule has 0 aliphatic heterocycles. The molecule has 0 saturated heterocycles. The molecule has 0 bridgehead atoms. The molecule has 1 amide bonds. The number of benzene rings is 3. The molecule has 8 nitrogen and oxygen atoms in total. The second kappa shape index (κ2) is 9.43. The summed E-state index contributed by atoms with van der Waals surface area (Å²) >= 11 is 0. The first-order valence-corrected chi connectivity index (χ1v) is 11.8. The van der Waals surface area contributed by atoms with Crippen molar-refractivity contribution in [2.75, 3.05) is 19.7 Å². The van der Waals surface area contributed by atoms with Gasteiger partial charge in [-0.05, 0) is 46.5 Å². The fourth-order valence-electron chi connectivity index (χ4n) is 3.86. The van der Waals surface area contributed by atoms with E-state index in [0.29, 0.717) is 0 Å². The summed E-state index contributed by atoms with van der Waals surface area (Å²) in [5.41, 5.74) is 4.47. The molecule has 0 aromatic heterocycles. The fraction of sp³-hybridized carbons (Fsp3) is 0.167. The predicted molar refractivity (Wildman–Crippen MR) is 122 cm³/mol. The number of hydrogen-bond donors (Lipinski definition) is 3. The number of amides is 1. The molecule has 170 valence electrons. The lowest BCUT2D eigenvalue weighted by Crippen LogP contribution is -2.35. The molecule has 0 heterocycles. The molecule has 0 unspecified atom stereocenters. The Balaban J connectivity index is 1.27. The highest BCUT2D eigenvalue weighted by molar-refractivity contribution is 7.89. The first kappa shape index (κ1) is 22.5. The van der Waals surface area contributed by atoms with Gasteiger partial charge in [-0.2, -0.15) is 0 Å².